The molecule has 0 spiro atoms. The molecule has 8 nitrogen and oxygen atoms in total. The van der Waals surface area contributed by atoms with Gasteiger partial charge in [-0.3, -0.25) is 0 Å². The molecule has 282 valence electrons. The molecule has 0 aliphatic rings. The normalized spacial score (nSPS) is 10.6. The standard InChI is InChI=1S/4C9H9NOS.C6H4.2Bi/c4*1-2-10-9(11)7-3-5-8(12)6-4-7;1-2-4-6-5-3-1;;/h4*2-6,12H,1H2,(H,10,11);1-2,5-6H;;/q;;;;;2*+2/p-4. The van der Waals surface area contributed by atoms with Gasteiger partial charge in [0.25, 0.3) is 0 Å². The second-order valence-electron chi connectivity index (χ2n) is 11.2. The van der Waals surface area contributed by atoms with Crippen LogP contribution in [0.1, 0.15) is 41.4 Å². The fraction of sp³-hybridized carbons (Fsp3) is 0. The Morgan fingerprint density at radius 1 is 0.357 bits per heavy atom. The average Bonchev–Trinajstić information content (AvgIpc) is 3.22. The van der Waals surface area contributed by atoms with Crippen LogP contribution in [-0.2, 0) is 0 Å². The molecule has 0 saturated heterocycles. The molecule has 0 bridgehead atoms. The van der Waals surface area contributed by atoms with Crippen molar-refractivity contribution in [3.8, 4) is 0 Å². The first-order chi connectivity index (χ1) is 27.2. The number of carbonyl (C=O) groups excluding carboxylic acids is 4. The first kappa shape index (κ1) is 43.2. The second-order valence-corrected chi connectivity index (χ2v) is 47.2. The van der Waals surface area contributed by atoms with Crippen molar-refractivity contribution in [3.63, 3.8) is 0 Å². The Labute approximate surface area is 352 Å². The number of benzene rings is 5. The Balaban J connectivity index is 1.44. The van der Waals surface area contributed by atoms with Gasteiger partial charge in [0, 0.05) is 0 Å². The first-order valence-corrected chi connectivity index (χ1v) is 40.3. The first-order valence-electron chi connectivity index (χ1n) is 16.7. The molecule has 0 saturated carbocycles. The van der Waals surface area contributed by atoms with E-state index in [1.54, 1.807) is 0 Å². The summed E-state index contributed by atoms with van der Waals surface area (Å²) >= 11 is -5.41. The van der Waals surface area contributed by atoms with Crippen molar-refractivity contribution in [2.45, 2.75) is 19.6 Å². The van der Waals surface area contributed by atoms with Crippen LogP contribution in [0.15, 0.2) is 192 Å². The van der Waals surface area contributed by atoms with E-state index in [9.17, 15) is 19.2 Å². The zero-order valence-electron chi connectivity index (χ0n) is 29.8. The Bertz CT molecular complexity index is 1910. The van der Waals surface area contributed by atoms with E-state index in [-0.39, 0.29) is 23.6 Å². The van der Waals surface area contributed by atoms with E-state index in [2.05, 4.69) is 71.8 Å². The van der Waals surface area contributed by atoms with Crippen molar-refractivity contribution in [1.29, 1.82) is 0 Å². The third-order valence-electron chi connectivity index (χ3n) is 7.42. The van der Waals surface area contributed by atoms with E-state index in [4.69, 9.17) is 0 Å². The predicted octanol–water partition coefficient (Wildman–Crippen LogP) is 7.74. The molecule has 5 aromatic carbocycles. The van der Waals surface area contributed by atoms with Gasteiger partial charge in [0.15, 0.2) is 0 Å². The molecule has 0 unspecified atom stereocenters. The van der Waals surface area contributed by atoms with Crippen LogP contribution < -0.4 is 27.8 Å². The van der Waals surface area contributed by atoms with Crippen molar-refractivity contribution in [1.82, 2.24) is 21.3 Å². The maximum absolute atomic E-state index is 12.4. The van der Waals surface area contributed by atoms with Gasteiger partial charge < -0.3 is 0 Å². The third kappa shape index (κ3) is 12.6. The van der Waals surface area contributed by atoms with Crippen molar-refractivity contribution >= 4 is 102 Å². The van der Waals surface area contributed by atoms with E-state index >= 15 is 0 Å². The summed E-state index contributed by atoms with van der Waals surface area (Å²) in [5.74, 6) is -0.829. The average molecular weight is 1210 g/mol. The molecule has 5 aromatic rings. The van der Waals surface area contributed by atoms with Crippen molar-refractivity contribution in [2.24, 2.45) is 0 Å². The number of nitrogens with one attached hydrogen (secondary N) is 4. The van der Waals surface area contributed by atoms with Crippen LogP contribution in [0.3, 0.4) is 0 Å². The van der Waals surface area contributed by atoms with Crippen LogP contribution in [0.4, 0.5) is 0 Å². The summed E-state index contributed by atoms with van der Waals surface area (Å²) in [5.41, 5.74) is 2.23. The van der Waals surface area contributed by atoms with Gasteiger partial charge in [-0.05, 0) is 0 Å². The quantitative estimate of drug-likeness (QED) is 0.0660. The minimum atomic E-state index is -2.70. The Morgan fingerprint density at radius 3 is 0.732 bits per heavy atom. The summed E-state index contributed by atoms with van der Waals surface area (Å²) in [6.07, 6.45) is 5.49. The van der Waals surface area contributed by atoms with Gasteiger partial charge in [-0.2, -0.15) is 0 Å². The summed E-state index contributed by atoms with van der Waals surface area (Å²) < 4.78 is 2.60. The van der Waals surface area contributed by atoms with Crippen LogP contribution >= 0.6 is 34.1 Å². The van der Waals surface area contributed by atoms with Gasteiger partial charge in [0.1, 0.15) is 0 Å². The molecular formula is C42H36Bi2N4O4S4. The summed E-state index contributed by atoms with van der Waals surface area (Å²) in [7, 11) is 7.49. The van der Waals surface area contributed by atoms with Gasteiger partial charge in [-0.15, -0.1) is 0 Å². The van der Waals surface area contributed by atoms with Crippen molar-refractivity contribution < 1.29 is 19.2 Å². The number of carbonyl (C=O) groups is 4. The zero-order valence-corrected chi connectivity index (χ0v) is 40.1. The van der Waals surface area contributed by atoms with E-state index in [0.29, 0.717) is 22.3 Å². The molecule has 0 atom stereocenters. The van der Waals surface area contributed by atoms with Crippen LogP contribution in [0.25, 0.3) is 0 Å². The molecular weight excluding hydrogens is 1170 g/mol. The van der Waals surface area contributed by atoms with Crippen LogP contribution in [0.5, 0.6) is 0 Å². The van der Waals surface area contributed by atoms with E-state index in [0.717, 1.165) is 19.6 Å². The number of amides is 4. The molecule has 4 amide bonds. The van der Waals surface area contributed by atoms with Gasteiger partial charge in [0.05, 0.1) is 0 Å². The molecule has 0 fully saturated rings. The SMILES string of the molecule is C=CNC(=O)c1ccc([S][Bi]([S]c2ccc(C(=O)NC=C)cc2)[c]2cc[c]([Bi]([S]c3ccc(C(=O)NC=C)cc3)[S]c3ccc(C(=O)NC=C)cc3)cc2)cc1. The number of rotatable bonds is 18. The van der Waals surface area contributed by atoms with Gasteiger partial charge in [-0.1, -0.05) is 0 Å². The minimum absolute atomic E-state index is 0.207. The maximum atomic E-state index is 12.4. The van der Waals surface area contributed by atoms with Crippen LogP contribution in [0.2, 0.25) is 0 Å². The van der Waals surface area contributed by atoms with Crippen LogP contribution in [0, 0.1) is 0 Å². The van der Waals surface area contributed by atoms with E-state index in [1.165, 1.54) is 31.3 Å². The molecule has 0 aliphatic heterocycles. The molecule has 5 rings (SSSR count). The summed E-state index contributed by atoms with van der Waals surface area (Å²) in [5, 5.41) is 10.5. The number of hydrogen-bond donors (Lipinski definition) is 4. The summed E-state index contributed by atoms with van der Waals surface area (Å²) in [6.45, 7) is 14.3. The second kappa shape index (κ2) is 22.2. The molecule has 56 heavy (non-hydrogen) atoms. The monoisotopic (exact) mass is 1210 g/mol. The van der Waals surface area contributed by atoms with Gasteiger partial charge in [0.2, 0.25) is 0 Å². The Kier molecular flexibility index (Phi) is 17.1. The number of hydrogen-bond acceptors (Lipinski definition) is 8. The van der Waals surface area contributed by atoms with Crippen LogP contribution in [-0.4, -0.2) is 61.3 Å². The Hall–Kier alpha value is -3.89. The van der Waals surface area contributed by atoms with Crippen molar-refractivity contribution in [2.75, 3.05) is 0 Å². The van der Waals surface area contributed by atoms with E-state index in [1.807, 2.05) is 131 Å². The fourth-order valence-electron chi connectivity index (χ4n) is 4.70. The molecule has 0 aromatic heterocycles. The topological polar surface area (TPSA) is 116 Å². The molecule has 0 aliphatic carbocycles. The summed E-state index contributed by atoms with van der Waals surface area (Å²) in [4.78, 5) is 53.7. The van der Waals surface area contributed by atoms with Gasteiger partial charge >= 0.3 is 357 Å². The molecule has 0 heterocycles. The van der Waals surface area contributed by atoms with Gasteiger partial charge in [-0.25, -0.2) is 0 Å². The fourth-order valence-corrected chi connectivity index (χ4v) is 45.7. The molecule has 14 heteroatoms. The molecule has 4 N–H and O–H groups in total. The third-order valence-corrected chi connectivity index (χ3v) is 48.4. The van der Waals surface area contributed by atoms with Crippen molar-refractivity contribution in [3.05, 3.63) is 195 Å². The van der Waals surface area contributed by atoms with E-state index < -0.39 is 37.6 Å². The Morgan fingerprint density at radius 2 is 0.554 bits per heavy atom. The predicted molar refractivity (Wildman–Crippen MR) is 237 cm³/mol. The summed E-state index contributed by atoms with van der Waals surface area (Å²) in [6, 6.07) is 39.6. The zero-order chi connectivity index (χ0) is 39.9. The molecule has 0 radical (unpaired) electrons.